The van der Waals surface area contributed by atoms with Gasteiger partial charge < -0.3 is 9.30 Å². The van der Waals surface area contributed by atoms with Crippen molar-refractivity contribution in [1.82, 2.24) is 19.3 Å². The van der Waals surface area contributed by atoms with Crippen molar-refractivity contribution in [3.63, 3.8) is 0 Å². The van der Waals surface area contributed by atoms with Gasteiger partial charge >= 0.3 is 6.09 Å². The number of fused-ring (bicyclic) bond motifs is 1. The minimum atomic E-state index is -0.456. The van der Waals surface area contributed by atoms with Gasteiger partial charge in [0.25, 0.3) is 0 Å². The average molecular weight is 467 g/mol. The molecule has 2 aromatic carbocycles. The van der Waals surface area contributed by atoms with E-state index < -0.39 is 5.60 Å². The summed E-state index contributed by atoms with van der Waals surface area (Å²) in [6.07, 6.45) is 9.09. The van der Waals surface area contributed by atoms with Crippen LogP contribution in [0.5, 0.6) is 0 Å². The molecule has 0 N–H and O–H groups in total. The molecule has 176 valence electrons. The van der Waals surface area contributed by atoms with Gasteiger partial charge in [-0.05, 0) is 73.6 Å². The summed E-state index contributed by atoms with van der Waals surface area (Å²) in [5.74, 6) is 0.371. The summed E-state index contributed by atoms with van der Waals surface area (Å²) in [5, 5.41) is 13.5. The van der Waals surface area contributed by atoms with Crippen LogP contribution in [-0.2, 0) is 17.8 Å². The zero-order chi connectivity index (χ0) is 23.8. The Morgan fingerprint density at radius 2 is 2.09 bits per heavy atom. The fourth-order valence-corrected chi connectivity index (χ4v) is 5.57. The number of hydrogen-bond donors (Lipinski definition) is 0. The van der Waals surface area contributed by atoms with Crippen molar-refractivity contribution >= 4 is 22.8 Å². The van der Waals surface area contributed by atoms with Crippen LogP contribution in [0, 0.1) is 17.2 Å². The highest BCUT2D eigenvalue weighted by Gasteiger charge is 2.48. The number of rotatable bonds is 5. The Labute approximate surface area is 203 Å². The molecule has 6 rings (SSSR count). The van der Waals surface area contributed by atoms with Gasteiger partial charge in [-0.1, -0.05) is 12.1 Å². The first-order chi connectivity index (χ1) is 17.1. The molecule has 4 aromatic rings. The van der Waals surface area contributed by atoms with Gasteiger partial charge in [-0.25, -0.2) is 9.78 Å². The largest absolute Gasteiger partial charge is 0.441 e. The van der Waals surface area contributed by atoms with E-state index in [1.807, 2.05) is 59.7 Å². The Kier molecular flexibility index (Phi) is 5.25. The van der Waals surface area contributed by atoms with Crippen molar-refractivity contribution in [2.24, 2.45) is 5.92 Å². The lowest BCUT2D eigenvalue weighted by atomic mass is 9.78. The fraction of sp³-hybridized carbons (Fsp3) is 0.333. The summed E-state index contributed by atoms with van der Waals surface area (Å²) >= 11 is 0. The van der Waals surface area contributed by atoms with Crippen LogP contribution < -0.4 is 4.90 Å². The molecule has 2 aliphatic rings. The molecule has 2 atom stereocenters. The summed E-state index contributed by atoms with van der Waals surface area (Å²) in [5.41, 5.74) is 4.04. The lowest BCUT2D eigenvalue weighted by Gasteiger charge is -2.36. The third-order valence-corrected chi connectivity index (χ3v) is 7.23. The summed E-state index contributed by atoms with van der Waals surface area (Å²) in [7, 11) is 0. The number of nitriles is 1. The monoisotopic (exact) mass is 466 g/mol. The molecule has 3 heterocycles. The van der Waals surface area contributed by atoms with Crippen LogP contribution in [0.1, 0.15) is 36.8 Å². The van der Waals surface area contributed by atoms with E-state index in [9.17, 15) is 10.1 Å². The topological polar surface area (TPSA) is 89.0 Å². The first kappa shape index (κ1) is 21.4. The number of aromatic nitrogens is 4. The molecule has 2 fully saturated rings. The van der Waals surface area contributed by atoms with Crippen LogP contribution >= 0.6 is 0 Å². The summed E-state index contributed by atoms with van der Waals surface area (Å²) in [6.45, 7) is 2.07. The van der Waals surface area contributed by atoms with Gasteiger partial charge in [0.15, 0.2) is 0 Å². The van der Waals surface area contributed by atoms with E-state index in [0.29, 0.717) is 24.6 Å². The molecule has 8 nitrogen and oxygen atoms in total. The molecule has 0 bridgehead atoms. The number of anilines is 1. The van der Waals surface area contributed by atoms with E-state index in [1.165, 1.54) is 0 Å². The minimum Gasteiger partial charge on any atom is -0.441 e. The maximum absolute atomic E-state index is 12.9. The van der Waals surface area contributed by atoms with E-state index in [-0.39, 0.29) is 6.09 Å². The number of imidazole rings is 1. The van der Waals surface area contributed by atoms with E-state index in [2.05, 4.69) is 20.7 Å². The van der Waals surface area contributed by atoms with E-state index in [0.717, 1.165) is 54.5 Å². The summed E-state index contributed by atoms with van der Waals surface area (Å²) < 4.78 is 10.1. The Morgan fingerprint density at radius 1 is 1.20 bits per heavy atom. The highest BCUT2D eigenvalue weighted by Crippen LogP contribution is 2.42. The molecule has 1 aliphatic heterocycles. The fourth-order valence-electron chi connectivity index (χ4n) is 5.57. The van der Waals surface area contributed by atoms with Crippen LogP contribution in [0.3, 0.4) is 0 Å². The highest BCUT2D eigenvalue weighted by molar-refractivity contribution is 5.90. The third kappa shape index (κ3) is 4.14. The number of hydrogen-bond acceptors (Lipinski definition) is 5. The van der Waals surface area contributed by atoms with Gasteiger partial charge in [0, 0.05) is 24.6 Å². The predicted octanol–water partition coefficient (Wildman–Crippen LogP) is 4.74. The van der Waals surface area contributed by atoms with E-state index in [1.54, 1.807) is 17.2 Å². The maximum atomic E-state index is 12.9. The molecule has 35 heavy (non-hydrogen) atoms. The number of carbonyl (C=O) groups is 1. The molecular weight excluding hydrogens is 440 g/mol. The first-order valence-electron chi connectivity index (χ1n) is 12.0. The Hall–Kier alpha value is -4.12. The molecule has 2 unspecified atom stereocenters. The Bertz CT molecular complexity index is 1400. The molecule has 1 saturated carbocycles. The van der Waals surface area contributed by atoms with Gasteiger partial charge in [0.05, 0.1) is 42.1 Å². The second-order valence-corrected chi connectivity index (χ2v) is 9.68. The van der Waals surface area contributed by atoms with E-state index in [4.69, 9.17) is 4.74 Å². The zero-order valence-corrected chi connectivity index (χ0v) is 19.4. The summed E-state index contributed by atoms with van der Waals surface area (Å²) in [4.78, 5) is 19.2. The Morgan fingerprint density at radius 3 is 2.89 bits per heavy atom. The molecule has 1 amide bonds. The molecule has 2 aromatic heterocycles. The molecule has 8 heteroatoms. The van der Waals surface area contributed by atoms with Crippen LogP contribution in [0.15, 0.2) is 67.3 Å². The number of ether oxygens (including phenoxy) is 1. The average Bonchev–Trinajstić information content (AvgIpc) is 3.60. The maximum Gasteiger partial charge on any atom is 0.415 e. The lowest BCUT2D eigenvalue weighted by Crippen LogP contribution is -2.40. The first-order valence-corrected chi connectivity index (χ1v) is 12.0. The quantitative estimate of drug-likeness (QED) is 0.424. The molecular formula is C27H26N6O2. The highest BCUT2D eigenvalue weighted by atomic mass is 16.6. The summed E-state index contributed by atoms with van der Waals surface area (Å²) in [6, 6.07) is 17.8. The third-order valence-electron chi connectivity index (χ3n) is 7.23. The van der Waals surface area contributed by atoms with Gasteiger partial charge in [0.2, 0.25) is 0 Å². The van der Waals surface area contributed by atoms with Crippen molar-refractivity contribution in [3.05, 3.63) is 78.4 Å². The van der Waals surface area contributed by atoms with Crippen molar-refractivity contribution in [2.75, 3.05) is 11.4 Å². The standard InChI is InChI=1S/C27H26N6O2/c28-15-21-6-9-24-25(13-21)31(19-29-24)16-22-3-1-10-27(14-22)18-33(26(34)35-27)23-7-4-20(5-8-23)17-32-12-2-11-30-32/h2,4-9,11-13,19,22H,1,3,10,14,16-18H2. The number of carbonyl (C=O) groups excluding carboxylic acids is 1. The van der Waals surface area contributed by atoms with Gasteiger partial charge in [-0.15, -0.1) is 0 Å². The zero-order valence-electron chi connectivity index (χ0n) is 19.4. The SMILES string of the molecule is N#Cc1ccc2ncn(CC3CCCC4(C3)CN(c3ccc(Cn5cccn5)cc3)C(=O)O4)c2c1. The van der Waals surface area contributed by atoms with Gasteiger partial charge in [-0.2, -0.15) is 10.4 Å². The lowest BCUT2D eigenvalue weighted by molar-refractivity contribution is 0.00439. The van der Waals surface area contributed by atoms with Crippen molar-refractivity contribution < 1.29 is 9.53 Å². The van der Waals surface area contributed by atoms with Gasteiger partial charge in [0.1, 0.15) is 5.60 Å². The van der Waals surface area contributed by atoms with Crippen LogP contribution in [0.25, 0.3) is 11.0 Å². The van der Waals surface area contributed by atoms with Crippen LogP contribution in [-0.4, -0.2) is 37.6 Å². The molecule has 1 aliphatic carbocycles. The Balaban J connectivity index is 1.16. The number of nitrogens with zero attached hydrogens (tertiary/aromatic N) is 6. The second-order valence-electron chi connectivity index (χ2n) is 9.68. The molecule has 1 spiro atoms. The van der Waals surface area contributed by atoms with Crippen LogP contribution in [0.4, 0.5) is 10.5 Å². The number of amides is 1. The minimum absolute atomic E-state index is 0.266. The normalized spacial score (nSPS) is 22.0. The van der Waals surface area contributed by atoms with Crippen LogP contribution in [0.2, 0.25) is 0 Å². The molecule has 0 radical (unpaired) electrons. The van der Waals surface area contributed by atoms with Crippen molar-refractivity contribution in [1.29, 1.82) is 5.26 Å². The van der Waals surface area contributed by atoms with E-state index >= 15 is 0 Å². The predicted molar refractivity (Wildman–Crippen MR) is 131 cm³/mol. The number of benzene rings is 2. The smallest absolute Gasteiger partial charge is 0.415 e. The molecule has 1 saturated heterocycles. The van der Waals surface area contributed by atoms with Crippen molar-refractivity contribution in [2.45, 2.75) is 44.4 Å². The van der Waals surface area contributed by atoms with Gasteiger partial charge in [-0.3, -0.25) is 9.58 Å². The second kappa shape index (κ2) is 8.58. The van der Waals surface area contributed by atoms with Crippen molar-refractivity contribution in [3.8, 4) is 6.07 Å².